The molecule has 0 aliphatic rings. The molecule has 2 nitrogen and oxygen atoms in total. The van der Waals surface area contributed by atoms with Gasteiger partial charge in [0.25, 0.3) is 0 Å². The Morgan fingerprint density at radius 3 is 2.90 bits per heavy atom. The predicted octanol–water partition coefficient (Wildman–Crippen LogP) is 5.38. The molecule has 3 aromatic rings. The van der Waals surface area contributed by atoms with Gasteiger partial charge in [0.05, 0.1) is 5.02 Å². The van der Waals surface area contributed by atoms with E-state index in [-0.39, 0.29) is 11.9 Å². The van der Waals surface area contributed by atoms with E-state index in [1.165, 1.54) is 12.1 Å². The van der Waals surface area contributed by atoms with Crippen molar-refractivity contribution in [1.82, 2.24) is 5.32 Å². The van der Waals surface area contributed by atoms with Crippen LogP contribution in [0.5, 0.6) is 0 Å². The molecule has 5 heteroatoms. The monoisotopic (exact) mass is 323 g/mol. The van der Waals surface area contributed by atoms with Gasteiger partial charge in [0, 0.05) is 10.3 Å². The maximum absolute atomic E-state index is 13.3. The van der Waals surface area contributed by atoms with Gasteiger partial charge in [-0.05, 0) is 48.7 Å². The summed E-state index contributed by atoms with van der Waals surface area (Å²) in [4.78, 5) is 1.02. The third kappa shape index (κ3) is 2.98. The van der Waals surface area contributed by atoms with Gasteiger partial charge in [-0.3, -0.25) is 0 Å². The average Bonchev–Trinajstić information content (AvgIpc) is 3.06. The van der Waals surface area contributed by atoms with E-state index in [0.717, 1.165) is 34.0 Å². The van der Waals surface area contributed by atoms with Gasteiger partial charge in [-0.2, -0.15) is 0 Å². The lowest BCUT2D eigenvalue weighted by molar-refractivity contribution is 0.473. The predicted molar refractivity (Wildman–Crippen MR) is 85.6 cm³/mol. The lowest BCUT2D eigenvalue weighted by Gasteiger charge is -2.15. The Hall–Kier alpha value is -1.36. The van der Waals surface area contributed by atoms with Crippen LogP contribution in [-0.2, 0) is 0 Å². The highest BCUT2D eigenvalue weighted by Crippen LogP contribution is 2.35. The van der Waals surface area contributed by atoms with Crippen molar-refractivity contribution in [3.8, 4) is 0 Å². The molecular weight excluding hydrogens is 309 g/mol. The minimum atomic E-state index is -0.262. The zero-order valence-corrected chi connectivity index (χ0v) is 13.1. The molecule has 2 heterocycles. The number of nitrogens with one attached hydrogen (secondary N) is 1. The topological polar surface area (TPSA) is 25.2 Å². The molecule has 110 valence electrons. The summed E-state index contributed by atoms with van der Waals surface area (Å²) in [5.74, 6) is 0.496. The smallest absolute Gasteiger partial charge is 0.134 e. The largest absolute Gasteiger partial charge is 0.459 e. The Morgan fingerprint density at radius 1 is 1.33 bits per heavy atom. The third-order valence-corrected chi connectivity index (χ3v) is 4.71. The number of hydrogen-bond acceptors (Lipinski definition) is 3. The molecule has 0 amide bonds. The zero-order valence-electron chi connectivity index (χ0n) is 11.5. The van der Waals surface area contributed by atoms with Gasteiger partial charge in [-0.15, -0.1) is 11.3 Å². The van der Waals surface area contributed by atoms with E-state index in [2.05, 4.69) is 12.2 Å². The van der Waals surface area contributed by atoms with Gasteiger partial charge < -0.3 is 9.73 Å². The molecule has 1 N–H and O–H groups in total. The second-order valence-corrected chi connectivity index (χ2v) is 6.21. The van der Waals surface area contributed by atoms with Gasteiger partial charge in [0.1, 0.15) is 23.2 Å². The summed E-state index contributed by atoms with van der Waals surface area (Å²) in [6.45, 7) is 2.96. The second kappa shape index (κ2) is 6.18. The first-order valence-electron chi connectivity index (χ1n) is 6.84. The maximum Gasteiger partial charge on any atom is 0.134 e. The van der Waals surface area contributed by atoms with Crippen molar-refractivity contribution in [2.75, 3.05) is 6.54 Å². The Kier molecular flexibility index (Phi) is 4.29. The fraction of sp³-hybridized carbons (Fsp3) is 0.250. The molecule has 0 saturated carbocycles. The summed E-state index contributed by atoms with van der Waals surface area (Å²) in [5.41, 5.74) is 0.683. The summed E-state index contributed by atoms with van der Waals surface area (Å²) in [5, 5.41) is 6.89. The van der Waals surface area contributed by atoms with E-state index in [1.54, 1.807) is 17.4 Å². The summed E-state index contributed by atoms with van der Waals surface area (Å²) in [7, 11) is 0. The van der Waals surface area contributed by atoms with Crippen molar-refractivity contribution in [3.05, 3.63) is 57.2 Å². The van der Waals surface area contributed by atoms with Crippen molar-refractivity contribution in [3.63, 3.8) is 0 Å². The third-order valence-electron chi connectivity index (χ3n) is 3.29. The highest BCUT2D eigenvalue weighted by molar-refractivity contribution is 7.10. The fourth-order valence-electron chi connectivity index (χ4n) is 2.30. The van der Waals surface area contributed by atoms with Crippen LogP contribution in [0.1, 0.15) is 30.0 Å². The number of rotatable bonds is 5. The highest BCUT2D eigenvalue weighted by atomic mass is 35.5. The average molecular weight is 324 g/mol. The molecule has 0 bridgehead atoms. The summed E-state index contributed by atoms with van der Waals surface area (Å²) >= 11 is 7.84. The van der Waals surface area contributed by atoms with E-state index in [4.69, 9.17) is 16.0 Å². The van der Waals surface area contributed by atoms with E-state index in [9.17, 15) is 4.39 Å². The molecule has 1 aromatic carbocycles. The summed E-state index contributed by atoms with van der Waals surface area (Å²) in [6, 6.07) is 8.19. The first-order valence-corrected chi connectivity index (χ1v) is 8.10. The second-order valence-electron chi connectivity index (χ2n) is 4.85. The number of halogens is 2. The highest BCUT2D eigenvalue weighted by Gasteiger charge is 2.21. The molecule has 3 rings (SSSR count). The number of hydrogen-bond donors (Lipinski definition) is 1. The lowest BCUT2D eigenvalue weighted by atomic mass is 10.1. The van der Waals surface area contributed by atoms with Crippen LogP contribution >= 0.6 is 22.9 Å². The number of fused-ring (bicyclic) bond motifs is 1. The van der Waals surface area contributed by atoms with Crippen LogP contribution in [0, 0.1) is 5.82 Å². The van der Waals surface area contributed by atoms with Gasteiger partial charge in [0.2, 0.25) is 0 Å². The molecule has 1 atom stereocenters. The van der Waals surface area contributed by atoms with Crippen molar-refractivity contribution in [2.45, 2.75) is 19.4 Å². The van der Waals surface area contributed by atoms with Crippen LogP contribution in [0.2, 0.25) is 5.02 Å². The quantitative estimate of drug-likeness (QED) is 0.682. The summed E-state index contributed by atoms with van der Waals surface area (Å²) in [6.07, 6.45) is 1.01. The Bertz CT molecular complexity index is 752. The SMILES string of the molecule is CCCNC(c1cc2cc(F)ccc2o1)c1sccc1Cl. The Morgan fingerprint density at radius 2 is 2.19 bits per heavy atom. The molecule has 1 unspecified atom stereocenters. The molecule has 0 spiro atoms. The maximum atomic E-state index is 13.3. The van der Waals surface area contributed by atoms with E-state index in [1.807, 2.05) is 17.5 Å². The van der Waals surface area contributed by atoms with E-state index < -0.39 is 0 Å². The normalized spacial score (nSPS) is 12.9. The van der Waals surface area contributed by atoms with Crippen molar-refractivity contribution >= 4 is 33.9 Å². The molecule has 0 aliphatic heterocycles. The minimum absolute atomic E-state index is 0.104. The lowest BCUT2D eigenvalue weighted by Crippen LogP contribution is -2.22. The molecule has 21 heavy (non-hydrogen) atoms. The molecule has 2 aromatic heterocycles. The van der Waals surface area contributed by atoms with E-state index in [0.29, 0.717) is 5.58 Å². The van der Waals surface area contributed by atoms with Crippen LogP contribution in [0.15, 0.2) is 40.1 Å². The first-order chi connectivity index (χ1) is 10.2. The molecule has 0 saturated heterocycles. The van der Waals surface area contributed by atoms with E-state index >= 15 is 0 Å². The van der Waals surface area contributed by atoms with Crippen LogP contribution < -0.4 is 5.32 Å². The Balaban J connectivity index is 2.03. The number of thiophene rings is 1. The fourth-order valence-corrected chi connectivity index (χ4v) is 3.55. The first kappa shape index (κ1) is 14.6. The standard InChI is InChI=1S/C16H15ClFNOS/c1-2-6-19-15(16-12(17)5-7-21-16)14-9-10-8-11(18)3-4-13(10)20-14/h3-5,7-9,15,19H,2,6H2,1H3. The van der Waals surface area contributed by atoms with Crippen LogP contribution in [0.25, 0.3) is 11.0 Å². The van der Waals surface area contributed by atoms with Crippen molar-refractivity contribution < 1.29 is 8.81 Å². The number of furan rings is 1. The van der Waals surface area contributed by atoms with Crippen molar-refractivity contribution in [2.24, 2.45) is 0 Å². The van der Waals surface area contributed by atoms with Gasteiger partial charge in [-0.25, -0.2) is 4.39 Å². The van der Waals surface area contributed by atoms with Gasteiger partial charge in [0.15, 0.2) is 0 Å². The molecule has 0 aliphatic carbocycles. The van der Waals surface area contributed by atoms with Gasteiger partial charge in [-0.1, -0.05) is 18.5 Å². The molecule has 0 radical (unpaired) electrons. The zero-order chi connectivity index (χ0) is 14.8. The van der Waals surface area contributed by atoms with Crippen molar-refractivity contribution in [1.29, 1.82) is 0 Å². The Labute approximate surface area is 131 Å². The summed E-state index contributed by atoms with van der Waals surface area (Å²) < 4.78 is 19.2. The molecular formula is C16H15ClFNOS. The number of benzene rings is 1. The minimum Gasteiger partial charge on any atom is -0.459 e. The molecule has 0 fully saturated rings. The van der Waals surface area contributed by atoms with Crippen LogP contribution in [0.4, 0.5) is 4.39 Å². The van der Waals surface area contributed by atoms with Crippen LogP contribution in [-0.4, -0.2) is 6.54 Å². The van der Waals surface area contributed by atoms with Crippen LogP contribution in [0.3, 0.4) is 0 Å². The van der Waals surface area contributed by atoms with Gasteiger partial charge >= 0.3 is 0 Å².